The molecule has 0 spiro atoms. The molecule has 0 unspecified atom stereocenters. The van der Waals surface area contributed by atoms with Crippen molar-refractivity contribution in [2.24, 2.45) is 5.92 Å². The molecule has 0 radical (unpaired) electrons. The number of carbonyl (C=O) groups excluding carboxylic acids is 2. The van der Waals surface area contributed by atoms with E-state index in [1.165, 1.54) is 23.1 Å². The molecular weight excluding hydrogens is 439 g/mol. The second kappa shape index (κ2) is 10.5. The molecule has 2 heterocycles. The lowest BCUT2D eigenvalue weighted by atomic mass is 10.1. The van der Waals surface area contributed by atoms with Gasteiger partial charge in [0.25, 0.3) is 11.8 Å². The number of carbonyl (C=O) groups is 2. The number of nitrogens with one attached hydrogen (secondary N) is 1. The van der Waals surface area contributed by atoms with Crippen molar-refractivity contribution in [3.63, 3.8) is 0 Å². The number of anilines is 1. The monoisotopic (exact) mass is 465 g/mol. The van der Waals surface area contributed by atoms with E-state index in [0.717, 1.165) is 12.5 Å². The quantitative estimate of drug-likeness (QED) is 0.676. The number of benzene rings is 1. The van der Waals surface area contributed by atoms with Crippen molar-refractivity contribution in [3.8, 4) is 5.75 Å². The minimum absolute atomic E-state index is 0.143. The highest BCUT2D eigenvalue weighted by molar-refractivity contribution is 5.97. The van der Waals surface area contributed by atoms with Crippen LogP contribution in [0.2, 0.25) is 0 Å². The third-order valence-electron chi connectivity index (χ3n) is 5.12. The summed E-state index contributed by atoms with van der Waals surface area (Å²) in [4.78, 5) is 28.3. The predicted octanol–water partition coefficient (Wildman–Crippen LogP) is 3.11. The van der Waals surface area contributed by atoms with Crippen LogP contribution in [-0.4, -0.2) is 66.0 Å². The number of halogens is 3. The lowest BCUT2D eigenvalue weighted by Crippen LogP contribution is -2.49. The Morgan fingerprint density at radius 3 is 2.36 bits per heavy atom. The van der Waals surface area contributed by atoms with Gasteiger partial charge in [-0.25, -0.2) is 0 Å². The summed E-state index contributed by atoms with van der Waals surface area (Å²) < 4.78 is 41.9. The van der Waals surface area contributed by atoms with E-state index < -0.39 is 18.0 Å². The number of hydrogen-bond acceptors (Lipinski definition) is 6. The highest BCUT2D eigenvalue weighted by Gasteiger charge is 2.34. The van der Waals surface area contributed by atoms with Crippen molar-refractivity contribution < 1.29 is 27.5 Å². The Morgan fingerprint density at radius 2 is 1.76 bits per heavy atom. The van der Waals surface area contributed by atoms with Gasteiger partial charge in [0.2, 0.25) is 0 Å². The molecule has 1 N–H and O–H groups in total. The van der Waals surface area contributed by atoms with E-state index in [0.29, 0.717) is 31.4 Å². The first kappa shape index (κ1) is 24.3. The molecule has 178 valence electrons. The minimum Gasteiger partial charge on any atom is -0.405 e. The van der Waals surface area contributed by atoms with Crippen molar-refractivity contribution in [2.45, 2.75) is 26.6 Å². The second-order valence-electron chi connectivity index (χ2n) is 8.04. The van der Waals surface area contributed by atoms with E-state index in [9.17, 15) is 22.8 Å². The Morgan fingerprint density at radius 1 is 1.06 bits per heavy atom. The van der Waals surface area contributed by atoms with E-state index in [-0.39, 0.29) is 30.3 Å². The molecule has 33 heavy (non-hydrogen) atoms. The van der Waals surface area contributed by atoms with Gasteiger partial charge in [-0.2, -0.15) is 0 Å². The Kier molecular flexibility index (Phi) is 7.72. The molecule has 8 nitrogen and oxygen atoms in total. The molecule has 1 aromatic heterocycles. The maximum absolute atomic E-state index is 12.8. The predicted molar refractivity (Wildman–Crippen MR) is 115 cm³/mol. The highest BCUT2D eigenvalue weighted by atomic mass is 19.4. The lowest BCUT2D eigenvalue weighted by molar-refractivity contribution is -0.274. The van der Waals surface area contributed by atoms with Crippen LogP contribution >= 0.6 is 0 Å². The van der Waals surface area contributed by atoms with Gasteiger partial charge in [-0.1, -0.05) is 26.0 Å². The first-order chi connectivity index (χ1) is 15.6. The average Bonchev–Trinajstić information content (AvgIpc) is 2.78. The van der Waals surface area contributed by atoms with Gasteiger partial charge in [0, 0.05) is 32.7 Å². The van der Waals surface area contributed by atoms with Crippen LogP contribution in [0.5, 0.6) is 5.75 Å². The van der Waals surface area contributed by atoms with E-state index in [1.807, 2.05) is 4.90 Å². The van der Waals surface area contributed by atoms with E-state index in [1.54, 1.807) is 12.1 Å². The van der Waals surface area contributed by atoms with Crippen LogP contribution in [0.25, 0.3) is 0 Å². The van der Waals surface area contributed by atoms with Crippen molar-refractivity contribution >= 4 is 17.6 Å². The van der Waals surface area contributed by atoms with Crippen LogP contribution in [0.4, 0.5) is 19.0 Å². The molecule has 3 rings (SSSR count). The summed E-state index contributed by atoms with van der Waals surface area (Å²) in [6.07, 6.45) is -4.02. The first-order valence-electron chi connectivity index (χ1n) is 10.6. The lowest BCUT2D eigenvalue weighted by Gasteiger charge is -2.35. The number of piperazine rings is 1. The highest BCUT2D eigenvalue weighted by Crippen LogP contribution is 2.27. The summed E-state index contributed by atoms with van der Waals surface area (Å²) in [5, 5.41) is 10.9. The molecule has 11 heteroatoms. The summed E-state index contributed by atoms with van der Waals surface area (Å²) in [7, 11) is 0. The fourth-order valence-electron chi connectivity index (χ4n) is 3.35. The Labute approximate surface area is 189 Å². The molecule has 0 atom stereocenters. The van der Waals surface area contributed by atoms with Gasteiger partial charge in [0.05, 0.1) is 5.56 Å². The maximum atomic E-state index is 12.8. The maximum Gasteiger partial charge on any atom is 0.573 e. The topological polar surface area (TPSA) is 87.7 Å². The first-order valence-corrected chi connectivity index (χ1v) is 10.6. The molecule has 1 aromatic carbocycles. The number of hydrogen-bond donors (Lipinski definition) is 1. The van der Waals surface area contributed by atoms with Gasteiger partial charge < -0.3 is 19.9 Å². The molecule has 1 aliphatic rings. The fourth-order valence-corrected chi connectivity index (χ4v) is 3.35. The molecule has 1 aliphatic heterocycles. The number of para-hydroxylation sites is 1. The van der Waals surface area contributed by atoms with Gasteiger partial charge in [-0.05, 0) is 36.6 Å². The summed E-state index contributed by atoms with van der Waals surface area (Å²) in [6, 6.07) is 8.58. The Balaban J connectivity index is 1.57. The Hall–Kier alpha value is -3.37. The summed E-state index contributed by atoms with van der Waals surface area (Å²) in [5.41, 5.74) is 0.0773. The van der Waals surface area contributed by atoms with Crippen LogP contribution in [0, 0.1) is 5.92 Å². The normalized spacial score (nSPS) is 14.4. The number of aromatic nitrogens is 2. The second-order valence-corrected chi connectivity index (χ2v) is 8.04. The van der Waals surface area contributed by atoms with Crippen molar-refractivity contribution in [1.82, 2.24) is 20.4 Å². The average molecular weight is 465 g/mol. The van der Waals surface area contributed by atoms with Gasteiger partial charge in [0.15, 0.2) is 11.5 Å². The molecule has 0 aliphatic carbocycles. The zero-order valence-corrected chi connectivity index (χ0v) is 18.4. The van der Waals surface area contributed by atoms with Crippen LogP contribution in [0.15, 0.2) is 36.4 Å². The van der Waals surface area contributed by atoms with Crippen LogP contribution in [0.3, 0.4) is 0 Å². The van der Waals surface area contributed by atoms with Crippen LogP contribution in [-0.2, 0) is 0 Å². The summed E-state index contributed by atoms with van der Waals surface area (Å²) >= 11 is 0. The number of ether oxygens (including phenoxy) is 1. The van der Waals surface area contributed by atoms with Gasteiger partial charge in [-0.3, -0.25) is 9.59 Å². The molecule has 2 aromatic rings. The van der Waals surface area contributed by atoms with Gasteiger partial charge in [0.1, 0.15) is 5.75 Å². The van der Waals surface area contributed by atoms with E-state index in [4.69, 9.17) is 0 Å². The zero-order valence-electron chi connectivity index (χ0n) is 18.4. The summed E-state index contributed by atoms with van der Waals surface area (Å²) in [5.74, 6) is -0.305. The third-order valence-corrected chi connectivity index (χ3v) is 5.12. The van der Waals surface area contributed by atoms with E-state index >= 15 is 0 Å². The van der Waals surface area contributed by atoms with Crippen LogP contribution < -0.4 is 15.0 Å². The molecule has 0 bridgehead atoms. The van der Waals surface area contributed by atoms with Crippen LogP contribution in [0.1, 0.15) is 41.1 Å². The van der Waals surface area contributed by atoms with Gasteiger partial charge in [-0.15, -0.1) is 23.4 Å². The van der Waals surface area contributed by atoms with Crippen molar-refractivity contribution in [3.05, 3.63) is 47.7 Å². The molecule has 0 saturated carbocycles. The number of alkyl halides is 3. The number of rotatable bonds is 7. The molecular formula is C22H26F3N5O3. The van der Waals surface area contributed by atoms with Gasteiger partial charge >= 0.3 is 6.36 Å². The number of nitrogens with zero attached hydrogens (tertiary/aromatic N) is 4. The van der Waals surface area contributed by atoms with E-state index in [2.05, 4.69) is 34.1 Å². The standard InChI is InChI=1S/C22H26F3N5O3/c1-15(2)9-10-26-20(31)17-7-8-19(28-27-17)29-11-13-30(14-12-29)21(32)16-5-3-4-6-18(16)33-22(23,24)25/h3-8,15H,9-14H2,1-2H3,(H,26,31). The smallest absolute Gasteiger partial charge is 0.405 e. The SMILES string of the molecule is CC(C)CCNC(=O)c1ccc(N2CCN(C(=O)c3ccccc3OC(F)(F)F)CC2)nn1. The molecule has 1 fully saturated rings. The Bertz CT molecular complexity index is 958. The third kappa shape index (κ3) is 6.80. The molecule has 1 saturated heterocycles. The minimum atomic E-state index is -4.88. The van der Waals surface area contributed by atoms with Crippen molar-refractivity contribution in [1.29, 1.82) is 0 Å². The summed E-state index contributed by atoms with van der Waals surface area (Å²) in [6.45, 7) is 6.13. The zero-order chi connectivity index (χ0) is 24.0. The fraction of sp³-hybridized carbons (Fsp3) is 0.455. The number of amides is 2. The molecule has 2 amide bonds. The van der Waals surface area contributed by atoms with Crippen molar-refractivity contribution in [2.75, 3.05) is 37.6 Å². The largest absolute Gasteiger partial charge is 0.573 e.